The Morgan fingerprint density at radius 2 is 2.06 bits per heavy atom. The van der Waals surface area contributed by atoms with Gasteiger partial charge in [-0.15, -0.1) is 0 Å². The molecule has 3 nitrogen and oxygen atoms in total. The van der Waals surface area contributed by atoms with Gasteiger partial charge < -0.3 is 10.4 Å². The Morgan fingerprint density at radius 1 is 1.35 bits per heavy atom. The summed E-state index contributed by atoms with van der Waals surface area (Å²) in [6.07, 6.45) is 2.64. The first-order chi connectivity index (χ1) is 8.29. The van der Waals surface area contributed by atoms with Gasteiger partial charge in [0.25, 0.3) is 0 Å². The standard InChI is InChI=1S/C14H18N2O/c15-9-6-13(12-4-2-1-3-5-12)16-10-14(11-17)7-8-14/h1-5,13,16-17H,6-8,10-11H2. The molecule has 2 rings (SSSR count). The van der Waals surface area contributed by atoms with Crippen LogP contribution in [-0.4, -0.2) is 18.3 Å². The summed E-state index contributed by atoms with van der Waals surface area (Å²) < 4.78 is 0. The van der Waals surface area contributed by atoms with Gasteiger partial charge >= 0.3 is 0 Å². The first-order valence-electron chi connectivity index (χ1n) is 6.06. The number of nitrogens with zero attached hydrogens (tertiary/aromatic N) is 1. The molecule has 1 unspecified atom stereocenters. The fourth-order valence-electron chi connectivity index (χ4n) is 1.99. The van der Waals surface area contributed by atoms with Crippen molar-refractivity contribution in [2.24, 2.45) is 5.41 Å². The number of aliphatic hydroxyl groups excluding tert-OH is 1. The minimum atomic E-state index is 0.0743. The van der Waals surface area contributed by atoms with Crippen LogP contribution >= 0.6 is 0 Å². The summed E-state index contributed by atoms with van der Waals surface area (Å²) in [6, 6.07) is 12.3. The van der Waals surface area contributed by atoms with Crippen molar-refractivity contribution in [2.45, 2.75) is 25.3 Å². The van der Waals surface area contributed by atoms with Crippen LogP contribution in [0.2, 0.25) is 0 Å². The van der Waals surface area contributed by atoms with Crippen molar-refractivity contribution >= 4 is 0 Å². The van der Waals surface area contributed by atoms with E-state index in [1.807, 2.05) is 30.3 Å². The number of aliphatic hydroxyl groups is 1. The van der Waals surface area contributed by atoms with Crippen LogP contribution in [0.5, 0.6) is 0 Å². The molecule has 0 spiro atoms. The van der Waals surface area contributed by atoms with Crippen molar-refractivity contribution in [3.63, 3.8) is 0 Å². The van der Waals surface area contributed by atoms with Crippen LogP contribution in [0.4, 0.5) is 0 Å². The van der Waals surface area contributed by atoms with E-state index in [-0.39, 0.29) is 18.1 Å². The lowest BCUT2D eigenvalue weighted by Gasteiger charge is -2.20. The van der Waals surface area contributed by atoms with E-state index in [0.29, 0.717) is 6.42 Å². The molecule has 0 heterocycles. The van der Waals surface area contributed by atoms with Crippen LogP contribution in [0.1, 0.15) is 30.9 Å². The molecule has 1 saturated carbocycles. The second-order valence-electron chi connectivity index (χ2n) is 4.86. The van der Waals surface area contributed by atoms with Gasteiger partial charge in [0.05, 0.1) is 12.5 Å². The summed E-state index contributed by atoms with van der Waals surface area (Å²) in [5.41, 5.74) is 1.23. The molecule has 0 saturated heterocycles. The van der Waals surface area contributed by atoms with E-state index >= 15 is 0 Å². The SMILES string of the molecule is N#CCC(NCC1(CO)CC1)c1ccccc1. The van der Waals surface area contributed by atoms with Gasteiger partial charge in [0.2, 0.25) is 0 Å². The molecule has 0 radical (unpaired) electrons. The van der Waals surface area contributed by atoms with E-state index < -0.39 is 0 Å². The van der Waals surface area contributed by atoms with Crippen LogP contribution in [0, 0.1) is 16.7 Å². The predicted molar refractivity (Wildman–Crippen MR) is 66.2 cm³/mol. The number of hydrogen-bond acceptors (Lipinski definition) is 3. The fourth-order valence-corrected chi connectivity index (χ4v) is 1.99. The zero-order valence-electron chi connectivity index (χ0n) is 9.89. The second-order valence-corrected chi connectivity index (χ2v) is 4.86. The zero-order valence-corrected chi connectivity index (χ0v) is 9.89. The first kappa shape index (κ1) is 12.1. The van der Waals surface area contributed by atoms with Gasteiger partial charge in [-0.2, -0.15) is 5.26 Å². The average Bonchev–Trinajstić information content (AvgIpc) is 3.16. The minimum Gasteiger partial charge on any atom is -0.396 e. The van der Waals surface area contributed by atoms with Crippen molar-refractivity contribution in [1.82, 2.24) is 5.32 Å². The Bertz CT molecular complexity index is 392. The number of nitrogens with one attached hydrogen (secondary N) is 1. The average molecular weight is 230 g/mol. The number of nitriles is 1. The molecule has 0 bridgehead atoms. The summed E-state index contributed by atoms with van der Waals surface area (Å²) in [4.78, 5) is 0. The normalized spacial score (nSPS) is 18.4. The summed E-state index contributed by atoms with van der Waals surface area (Å²) in [5.74, 6) is 0. The smallest absolute Gasteiger partial charge is 0.0641 e. The Morgan fingerprint density at radius 3 is 2.59 bits per heavy atom. The maximum atomic E-state index is 9.26. The van der Waals surface area contributed by atoms with E-state index in [0.717, 1.165) is 24.9 Å². The molecule has 90 valence electrons. The maximum absolute atomic E-state index is 9.26. The third kappa shape index (κ3) is 3.06. The molecule has 1 atom stereocenters. The minimum absolute atomic E-state index is 0.0743. The molecule has 0 amide bonds. The monoisotopic (exact) mass is 230 g/mol. The Kier molecular flexibility index (Phi) is 3.78. The highest BCUT2D eigenvalue weighted by molar-refractivity contribution is 5.20. The van der Waals surface area contributed by atoms with Crippen molar-refractivity contribution < 1.29 is 5.11 Å². The highest BCUT2D eigenvalue weighted by Gasteiger charge is 2.41. The van der Waals surface area contributed by atoms with E-state index in [1.165, 1.54) is 0 Å². The molecule has 2 N–H and O–H groups in total. The summed E-state index contributed by atoms with van der Waals surface area (Å²) in [5, 5.41) is 21.5. The quantitative estimate of drug-likeness (QED) is 0.786. The highest BCUT2D eigenvalue weighted by Crippen LogP contribution is 2.44. The van der Waals surface area contributed by atoms with Crippen LogP contribution in [0.25, 0.3) is 0 Å². The number of benzene rings is 1. The maximum Gasteiger partial charge on any atom is 0.0641 e. The second kappa shape index (κ2) is 5.31. The fraction of sp³-hybridized carbons (Fsp3) is 0.500. The lowest BCUT2D eigenvalue weighted by atomic mass is 10.0. The molecule has 1 aliphatic carbocycles. The zero-order chi connectivity index (χ0) is 12.1. The molecule has 0 aliphatic heterocycles. The third-order valence-corrected chi connectivity index (χ3v) is 3.51. The lowest BCUT2D eigenvalue weighted by Crippen LogP contribution is -2.30. The predicted octanol–water partition coefficient (Wildman–Crippen LogP) is 2.00. The third-order valence-electron chi connectivity index (χ3n) is 3.51. The Hall–Kier alpha value is -1.37. The molecular weight excluding hydrogens is 212 g/mol. The van der Waals surface area contributed by atoms with E-state index in [9.17, 15) is 5.11 Å². The number of hydrogen-bond donors (Lipinski definition) is 2. The molecule has 1 fully saturated rings. The largest absolute Gasteiger partial charge is 0.396 e. The highest BCUT2D eigenvalue weighted by atomic mass is 16.3. The van der Waals surface area contributed by atoms with Crippen LogP contribution in [0.3, 0.4) is 0 Å². The van der Waals surface area contributed by atoms with E-state index in [2.05, 4.69) is 11.4 Å². The van der Waals surface area contributed by atoms with Gasteiger partial charge in [-0.1, -0.05) is 30.3 Å². The molecule has 1 aromatic carbocycles. The molecule has 3 heteroatoms. The van der Waals surface area contributed by atoms with Gasteiger partial charge in [-0.05, 0) is 18.4 Å². The van der Waals surface area contributed by atoms with Gasteiger partial charge in [0.1, 0.15) is 0 Å². The van der Waals surface area contributed by atoms with Gasteiger partial charge in [0, 0.05) is 24.6 Å². The summed E-state index contributed by atoms with van der Waals surface area (Å²) >= 11 is 0. The van der Waals surface area contributed by atoms with Gasteiger partial charge in [-0.25, -0.2) is 0 Å². The summed E-state index contributed by atoms with van der Waals surface area (Å²) in [7, 11) is 0. The lowest BCUT2D eigenvalue weighted by molar-refractivity contribution is 0.204. The van der Waals surface area contributed by atoms with Crippen LogP contribution in [-0.2, 0) is 0 Å². The molecule has 1 aliphatic rings. The molecular formula is C14H18N2O. The topological polar surface area (TPSA) is 56.0 Å². The van der Waals surface area contributed by atoms with Crippen molar-refractivity contribution in [2.75, 3.05) is 13.2 Å². The van der Waals surface area contributed by atoms with Crippen LogP contribution in [0.15, 0.2) is 30.3 Å². The Balaban J connectivity index is 1.96. The molecule has 1 aromatic rings. The molecule has 17 heavy (non-hydrogen) atoms. The van der Waals surface area contributed by atoms with E-state index in [4.69, 9.17) is 5.26 Å². The number of rotatable bonds is 6. The van der Waals surface area contributed by atoms with E-state index in [1.54, 1.807) is 0 Å². The van der Waals surface area contributed by atoms with Gasteiger partial charge in [-0.3, -0.25) is 0 Å². The van der Waals surface area contributed by atoms with Crippen molar-refractivity contribution in [1.29, 1.82) is 5.26 Å². The van der Waals surface area contributed by atoms with Crippen molar-refractivity contribution in [3.05, 3.63) is 35.9 Å². The van der Waals surface area contributed by atoms with Gasteiger partial charge in [0.15, 0.2) is 0 Å². The van der Waals surface area contributed by atoms with Crippen LogP contribution < -0.4 is 5.32 Å². The summed E-state index contributed by atoms with van der Waals surface area (Å²) in [6.45, 7) is 1.04. The molecule has 0 aromatic heterocycles. The van der Waals surface area contributed by atoms with Crippen molar-refractivity contribution in [3.8, 4) is 6.07 Å². The first-order valence-corrected chi connectivity index (χ1v) is 6.06. The Labute approximate surface area is 102 Å².